The van der Waals surface area contributed by atoms with Gasteiger partial charge in [-0.05, 0) is 61.2 Å². The first-order valence-electron chi connectivity index (χ1n) is 7.13. The van der Waals surface area contributed by atoms with Gasteiger partial charge in [-0.25, -0.2) is 0 Å². The Hall–Kier alpha value is -0.0400. The summed E-state index contributed by atoms with van der Waals surface area (Å²) in [5.74, 6) is 3.29. The lowest BCUT2D eigenvalue weighted by Crippen LogP contribution is -2.49. The van der Waals surface area contributed by atoms with Gasteiger partial charge in [0.1, 0.15) is 0 Å². The smallest absolute Gasteiger partial charge is 0.0596 e. The van der Waals surface area contributed by atoms with E-state index in [1.165, 1.54) is 25.7 Å². The molecule has 2 aliphatic rings. The average molecular weight is 224 g/mol. The second kappa shape index (κ2) is 4.33. The summed E-state index contributed by atoms with van der Waals surface area (Å²) in [4.78, 5) is 0. The summed E-state index contributed by atoms with van der Waals surface area (Å²) in [5, 5.41) is 10.3. The minimum atomic E-state index is -0.0400. The second-order valence-corrected chi connectivity index (χ2v) is 6.96. The maximum atomic E-state index is 10.3. The van der Waals surface area contributed by atoms with Crippen LogP contribution in [0.4, 0.5) is 0 Å². The van der Waals surface area contributed by atoms with Crippen molar-refractivity contribution in [2.75, 3.05) is 0 Å². The van der Waals surface area contributed by atoms with E-state index >= 15 is 0 Å². The topological polar surface area (TPSA) is 20.2 Å². The van der Waals surface area contributed by atoms with Gasteiger partial charge in [0.05, 0.1) is 6.10 Å². The third-order valence-corrected chi connectivity index (χ3v) is 5.74. The first kappa shape index (κ1) is 12.4. The lowest BCUT2D eigenvalue weighted by molar-refractivity contribution is -0.103. The van der Waals surface area contributed by atoms with E-state index in [-0.39, 0.29) is 11.5 Å². The molecule has 1 N–H and O–H groups in total. The molecule has 0 spiro atoms. The molecule has 0 aromatic heterocycles. The normalized spacial score (nSPS) is 49.1. The third-order valence-electron chi connectivity index (χ3n) is 5.74. The predicted molar refractivity (Wildman–Crippen MR) is 68.2 cm³/mol. The van der Waals surface area contributed by atoms with E-state index in [0.717, 1.165) is 30.1 Å². The Morgan fingerprint density at radius 2 is 1.88 bits per heavy atom. The van der Waals surface area contributed by atoms with Gasteiger partial charge < -0.3 is 5.11 Å². The molecule has 0 unspecified atom stereocenters. The highest BCUT2D eigenvalue weighted by Gasteiger charge is 2.49. The SMILES string of the molecule is CC(C)[C@@H]1CC[C@@]2(C)[C@@H](O)CC[C@@H](C)[C@@H]2C1. The molecule has 2 fully saturated rings. The van der Waals surface area contributed by atoms with Gasteiger partial charge in [0.25, 0.3) is 0 Å². The minimum absolute atomic E-state index is 0.0400. The Morgan fingerprint density at radius 3 is 2.50 bits per heavy atom. The molecule has 5 atom stereocenters. The fourth-order valence-electron chi connectivity index (χ4n) is 4.25. The van der Waals surface area contributed by atoms with Crippen molar-refractivity contribution < 1.29 is 5.11 Å². The highest BCUT2D eigenvalue weighted by molar-refractivity contribution is 4.99. The summed E-state index contributed by atoms with van der Waals surface area (Å²) in [6, 6.07) is 0. The average Bonchev–Trinajstić information content (AvgIpc) is 2.24. The van der Waals surface area contributed by atoms with Crippen LogP contribution in [0.25, 0.3) is 0 Å². The predicted octanol–water partition coefficient (Wildman–Crippen LogP) is 3.86. The van der Waals surface area contributed by atoms with Gasteiger partial charge >= 0.3 is 0 Å². The van der Waals surface area contributed by atoms with Crippen LogP contribution in [0.1, 0.15) is 59.8 Å². The number of fused-ring (bicyclic) bond motifs is 1. The Kier molecular flexibility index (Phi) is 3.36. The number of aliphatic hydroxyl groups excluding tert-OH is 1. The molecule has 2 saturated carbocycles. The number of hydrogen-bond donors (Lipinski definition) is 1. The van der Waals surface area contributed by atoms with E-state index in [2.05, 4.69) is 27.7 Å². The van der Waals surface area contributed by atoms with E-state index in [9.17, 15) is 5.11 Å². The largest absolute Gasteiger partial charge is 0.393 e. The molecule has 16 heavy (non-hydrogen) atoms. The van der Waals surface area contributed by atoms with Crippen molar-refractivity contribution in [3.63, 3.8) is 0 Å². The first-order chi connectivity index (χ1) is 7.45. The molecule has 1 heteroatoms. The molecule has 1 nitrogen and oxygen atoms in total. The van der Waals surface area contributed by atoms with Crippen molar-refractivity contribution in [3.8, 4) is 0 Å². The van der Waals surface area contributed by atoms with Crippen LogP contribution in [0, 0.1) is 29.1 Å². The van der Waals surface area contributed by atoms with Gasteiger partial charge in [0, 0.05) is 0 Å². The Bertz CT molecular complexity index is 248. The lowest BCUT2D eigenvalue weighted by atomic mass is 9.53. The highest BCUT2D eigenvalue weighted by Crippen LogP contribution is 2.54. The molecule has 0 saturated heterocycles. The summed E-state index contributed by atoms with van der Waals surface area (Å²) in [5.41, 5.74) is 0.225. The summed E-state index contributed by atoms with van der Waals surface area (Å²) in [6.45, 7) is 9.46. The van der Waals surface area contributed by atoms with Crippen molar-refractivity contribution in [2.24, 2.45) is 29.1 Å². The molecule has 0 aromatic rings. The molecule has 0 bridgehead atoms. The molecular formula is C15H28O. The van der Waals surface area contributed by atoms with Gasteiger partial charge in [0.2, 0.25) is 0 Å². The Morgan fingerprint density at radius 1 is 1.19 bits per heavy atom. The summed E-state index contributed by atoms with van der Waals surface area (Å²) < 4.78 is 0. The molecule has 0 heterocycles. The number of hydrogen-bond acceptors (Lipinski definition) is 1. The maximum absolute atomic E-state index is 10.3. The fraction of sp³-hybridized carbons (Fsp3) is 1.00. The van der Waals surface area contributed by atoms with E-state index in [1.807, 2.05) is 0 Å². The second-order valence-electron chi connectivity index (χ2n) is 6.96. The fourth-order valence-corrected chi connectivity index (χ4v) is 4.25. The number of aliphatic hydroxyl groups is 1. The summed E-state index contributed by atoms with van der Waals surface area (Å²) in [7, 11) is 0. The molecule has 0 amide bonds. The zero-order valence-electron chi connectivity index (χ0n) is 11.4. The van der Waals surface area contributed by atoms with Crippen LogP contribution in [0.5, 0.6) is 0 Å². The molecule has 0 aromatic carbocycles. The summed E-state index contributed by atoms with van der Waals surface area (Å²) >= 11 is 0. The van der Waals surface area contributed by atoms with Crippen molar-refractivity contribution in [1.82, 2.24) is 0 Å². The number of rotatable bonds is 1. The molecule has 94 valence electrons. The quantitative estimate of drug-likeness (QED) is 0.717. The molecule has 2 aliphatic carbocycles. The lowest BCUT2D eigenvalue weighted by Gasteiger charge is -2.53. The van der Waals surface area contributed by atoms with Gasteiger partial charge in [-0.1, -0.05) is 27.7 Å². The highest BCUT2D eigenvalue weighted by atomic mass is 16.3. The van der Waals surface area contributed by atoms with Crippen LogP contribution in [0.3, 0.4) is 0 Å². The van der Waals surface area contributed by atoms with Crippen LogP contribution in [0.15, 0.2) is 0 Å². The minimum Gasteiger partial charge on any atom is -0.393 e. The molecule has 0 radical (unpaired) electrons. The molecular weight excluding hydrogens is 196 g/mol. The zero-order valence-corrected chi connectivity index (χ0v) is 11.4. The Labute approximate surface area is 101 Å². The maximum Gasteiger partial charge on any atom is 0.0596 e. The molecule has 2 rings (SSSR count). The van der Waals surface area contributed by atoms with E-state index in [1.54, 1.807) is 0 Å². The van der Waals surface area contributed by atoms with Crippen molar-refractivity contribution >= 4 is 0 Å². The van der Waals surface area contributed by atoms with Crippen LogP contribution in [-0.4, -0.2) is 11.2 Å². The monoisotopic (exact) mass is 224 g/mol. The standard InChI is InChI=1S/C15H28O/c1-10(2)12-7-8-15(4)13(9-12)11(3)5-6-14(15)16/h10-14,16H,5-9H2,1-4H3/t11-,12-,13+,14+,15-/m1/s1. The van der Waals surface area contributed by atoms with Crippen LogP contribution in [-0.2, 0) is 0 Å². The van der Waals surface area contributed by atoms with E-state index in [4.69, 9.17) is 0 Å². The van der Waals surface area contributed by atoms with E-state index < -0.39 is 0 Å². The van der Waals surface area contributed by atoms with Crippen LogP contribution >= 0.6 is 0 Å². The van der Waals surface area contributed by atoms with Crippen molar-refractivity contribution in [1.29, 1.82) is 0 Å². The van der Waals surface area contributed by atoms with Gasteiger partial charge in [0.15, 0.2) is 0 Å². The molecule has 0 aliphatic heterocycles. The van der Waals surface area contributed by atoms with Gasteiger partial charge in [-0.15, -0.1) is 0 Å². The van der Waals surface area contributed by atoms with Gasteiger partial charge in [-0.2, -0.15) is 0 Å². The van der Waals surface area contributed by atoms with E-state index in [0.29, 0.717) is 0 Å². The van der Waals surface area contributed by atoms with Crippen molar-refractivity contribution in [2.45, 2.75) is 65.9 Å². The first-order valence-corrected chi connectivity index (χ1v) is 7.13. The van der Waals surface area contributed by atoms with Gasteiger partial charge in [-0.3, -0.25) is 0 Å². The summed E-state index contributed by atoms with van der Waals surface area (Å²) in [6.07, 6.45) is 6.14. The zero-order chi connectivity index (χ0) is 11.9. The third kappa shape index (κ3) is 1.92. The van der Waals surface area contributed by atoms with Crippen LogP contribution in [0.2, 0.25) is 0 Å². The van der Waals surface area contributed by atoms with Crippen LogP contribution < -0.4 is 0 Å². The Balaban J connectivity index is 2.15. The van der Waals surface area contributed by atoms with Crippen molar-refractivity contribution in [3.05, 3.63) is 0 Å².